The van der Waals surface area contributed by atoms with Gasteiger partial charge in [-0.15, -0.1) is 0 Å². The molecule has 0 unspecified atom stereocenters. The van der Waals surface area contributed by atoms with Crippen LogP contribution in [0.25, 0.3) is 0 Å². The lowest BCUT2D eigenvalue weighted by molar-refractivity contribution is 0.0698. The quantitative estimate of drug-likeness (QED) is 0.794. The molecule has 1 aromatic rings. The number of benzene rings is 1. The van der Waals surface area contributed by atoms with E-state index in [1.807, 2.05) is 0 Å². The number of carboxylic acids is 1. The van der Waals surface area contributed by atoms with Crippen LogP contribution in [0.5, 0.6) is 0 Å². The van der Waals surface area contributed by atoms with Gasteiger partial charge in [0.15, 0.2) is 0 Å². The van der Waals surface area contributed by atoms with Gasteiger partial charge in [-0.2, -0.15) is 0 Å². The van der Waals surface area contributed by atoms with Crippen molar-refractivity contribution in [2.45, 2.75) is 25.8 Å². The molecule has 114 valence electrons. The van der Waals surface area contributed by atoms with E-state index < -0.39 is 5.97 Å². The van der Waals surface area contributed by atoms with Gasteiger partial charge in [0.1, 0.15) is 0 Å². The smallest absolute Gasteiger partial charge is 0.337 e. The van der Waals surface area contributed by atoms with Crippen LogP contribution in [0.4, 0.5) is 10.5 Å². The number of hydrogen-bond donors (Lipinski definition) is 3. The average Bonchev–Trinajstić information content (AvgIpc) is 2.49. The van der Waals surface area contributed by atoms with Crippen LogP contribution in [0.15, 0.2) is 18.2 Å². The molecule has 2 amide bonds. The first-order chi connectivity index (χ1) is 10.0. The molecular formula is C15H21N3O3. The fourth-order valence-electron chi connectivity index (χ4n) is 2.57. The summed E-state index contributed by atoms with van der Waals surface area (Å²) in [5.41, 5.74) is 1.22. The molecule has 21 heavy (non-hydrogen) atoms. The molecule has 6 nitrogen and oxygen atoms in total. The van der Waals surface area contributed by atoms with E-state index in [1.165, 1.54) is 6.07 Å². The number of carbonyl (C=O) groups is 2. The molecule has 1 heterocycles. The summed E-state index contributed by atoms with van der Waals surface area (Å²) in [7, 11) is 1.75. The standard InChI is InChI=1S/C15H21N3O3/c1-10-4-3-5-12(14(19)20)13(10)17-15(21)18(2)11-6-8-16-9-7-11/h3-5,11,16H,6-9H2,1-2H3,(H,17,21)(H,19,20). The van der Waals surface area contributed by atoms with Gasteiger partial charge in [0.05, 0.1) is 11.3 Å². The van der Waals surface area contributed by atoms with Crippen LogP contribution in [0, 0.1) is 6.92 Å². The summed E-state index contributed by atoms with van der Waals surface area (Å²) >= 11 is 0. The molecule has 0 bridgehead atoms. The molecule has 1 aliphatic rings. The fraction of sp³-hybridized carbons (Fsp3) is 0.467. The molecule has 0 saturated carbocycles. The van der Waals surface area contributed by atoms with Crippen molar-refractivity contribution in [3.05, 3.63) is 29.3 Å². The number of carboxylic acid groups (broad SMARTS) is 1. The summed E-state index contributed by atoms with van der Waals surface area (Å²) in [4.78, 5) is 25.3. The molecule has 1 fully saturated rings. The van der Waals surface area contributed by atoms with Gasteiger partial charge >= 0.3 is 12.0 Å². The maximum Gasteiger partial charge on any atom is 0.337 e. The van der Waals surface area contributed by atoms with Crippen LogP contribution in [0.3, 0.4) is 0 Å². The Bertz CT molecular complexity index is 539. The summed E-state index contributed by atoms with van der Waals surface area (Å²) in [5, 5.41) is 15.2. The summed E-state index contributed by atoms with van der Waals surface area (Å²) in [6.45, 7) is 3.58. The number of carbonyl (C=O) groups excluding carboxylic acids is 1. The molecule has 6 heteroatoms. The monoisotopic (exact) mass is 291 g/mol. The Morgan fingerprint density at radius 2 is 2.00 bits per heavy atom. The van der Waals surface area contributed by atoms with E-state index in [2.05, 4.69) is 10.6 Å². The zero-order valence-electron chi connectivity index (χ0n) is 12.3. The predicted molar refractivity (Wildman–Crippen MR) is 80.8 cm³/mol. The Morgan fingerprint density at radius 1 is 1.33 bits per heavy atom. The van der Waals surface area contributed by atoms with Crippen molar-refractivity contribution in [3.8, 4) is 0 Å². The second kappa shape index (κ2) is 6.58. The minimum Gasteiger partial charge on any atom is -0.478 e. The molecule has 0 aliphatic carbocycles. The molecule has 2 rings (SSSR count). The summed E-state index contributed by atoms with van der Waals surface area (Å²) in [6.07, 6.45) is 1.81. The Morgan fingerprint density at radius 3 is 2.62 bits per heavy atom. The van der Waals surface area contributed by atoms with Gasteiger partial charge in [-0.3, -0.25) is 0 Å². The van der Waals surface area contributed by atoms with Gasteiger partial charge in [0.25, 0.3) is 0 Å². The minimum atomic E-state index is -1.04. The van der Waals surface area contributed by atoms with Crippen LogP contribution in [0.1, 0.15) is 28.8 Å². The largest absolute Gasteiger partial charge is 0.478 e. The Kier molecular flexibility index (Phi) is 4.80. The highest BCUT2D eigenvalue weighted by molar-refractivity contribution is 6.01. The molecule has 3 N–H and O–H groups in total. The van der Waals surface area contributed by atoms with Gasteiger partial charge in [-0.1, -0.05) is 12.1 Å². The highest BCUT2D eigenvalue weighted by Crippen LogP contribution is 2.21. The number of anilines is 1. The molecule has 1 saturated heterocycles. The van der Waals surface area contributed by atoms with E-state index in [1.54, 1.807) is 31.0 Å². The van der Waals surface area contributed by atoms with Gasteiger partial charge < -0.3 is 20.6 Å². The number of amides is 2. The molecule has 1 aromatic carbocycles. The van der Waals surface area contributed by atoms with Crippen molar-refractivity contribution < 1.29 is 14.7 Å². The highest BCUT2D eigenvalue weighted by atomic mass is 16.4. The number of aromatic carboxylic acids is 1. The number of urea groups is 1. The van der Waals surface area contributed by atoms with Crippen LogP contribution >= 0.6 is 0 Å². The van der Waals surface area contributed by atoms with Crippen LogP contribution in [-0.2, 0) is 0 Å². The Labute approximate surface area is 124 Å². The van der Waals surface area contributed by atoms with Crippen LogP contribution in [0.2, 0.25) is 0 Å². The molecule has 0 radical (unpaired) electrons. The normalized spacial score (nSPS) is 15.5. The van der Waals surface area contributed by atoms with Crippen LogP contribution in [-0.4, -0.2) is 48.2 Å². The first kappa shape index (κ1) is 15.3. The number of hydrogen-bond acceptors (Lipinski definition) is 3. The second-order valence-electron chi connectivity index (χ2n) is 5.32. The highest BCUT2D eigenvalue weighted by Gasteiger charge is 2.23. The summed E-state index contributed by atoms with van der Waals surface area (Å²) in [6, 6.07) is 4.87. The summed E-state index contributed by atoms with van der Waals surface area (Å²) in [5.74, 6) is -1.04. The maximum atomic E-state index is 12.3. The first-order valence-electron chi connectivity index (χ1n) is 7.08. The van der Waals surface area contributed by atoms with Crippen molar-refractivity contribution in [2.75, 3.05) is 25.5 Å². The number of rotatable bonds is 3. The minimum absolute atomic E-state index is 0.113. The average molecular weight is 291 g/mol. The van der Waals surface area contributed by atoms with Crippen LogP contribution < -0.4 is 10.6 Å². The zero-order chi connectivity index (χ0) is 15.4. The molecular weight excluding hydrogens is 270 g/mol. The molecule has 0 aromatic heterocycles. The van der Waals surface area contributed by atoms with Crippen molar-refractivity contribution in [3.63, 3.8) is 0 Å². The molecule has 0 spiro atoms. The van der Waals surface area contributed by atoms with E-state index in [0.717, 1.165) is 31.5 Å². The number of para-hydroxylation sites is 1. The van der Waals surface area contributed by atoms with Gasteiger partial charge in [0.2, 0.25) is 0 Å². The lowest BCUT2D eigenvalue weighted by Crippen LogP contribution is -2.45. The lowest BCUT2D eigenvalue weighted by Gasteiger charge is -2.32. The zero-order valence-corrected chi connectivity index (χ0v) is 12.3. The van der Waals surface area contributed by atoms with E-state index >= 15 is 0 Å². The molecule has 0 atom stereocenters. The number of nitrogens with one attached hydrogen (secondary N) is 2. The van der Waals surface area contributed by atoms with E-state index in [4.69, 9.17) is 0 Å². The third kappa shape index (κ3) is 3.52. The van der Waals surface area contributed by atoms with Gasteiger partial charge in [-0.25, -0.2) is 9.59 Å². The number of piperidine rings is 1. The maximum absolute atomic E-state index is 12.3. The summed E-state index contributed by atoms with van der Waals surface area (Å²) < 4.78 is 0. The fourth-order valence-corrected chi connectivity index (χ4v) is 2.57. The van der Waals surface area contributed by atoms with Crippen molar-refractivity contribution >= 4 is 17.7 Å². The predicted octanol–water partition coefficient (Wildman–Crippen LogP) is 1.91. The Hall–Kier alpha value is -2.08. The number of nitrogens with zero attached hydrogens (tertiary/aromatic N) is 1. The van der Waals surface area contributed by atoms with E-state index in [0.29, 0.717) is 5.69 Å². The topological polar surface area (TPSA) is 81.7 Å². The van der Waals surface area contributed by atoms with Gasteiger partial charge in [-0.05, 0) is 44.5 Å². The van der Waals surface area contributed by atoms with E-state index in [-0.39, 0.29) is 17.6 Å². The second-order valence-corrected chi connectivity index (χ2v) is 5.32. The SMILES string of the molecule is Cc1cccc(C(=O)O)c1NC(=O)N(C)C1CCNCC1. The van der Waals surface area contributed by atoms with Gasteiger partial charge in [0, 0.05) is 13.1 Å². The molecule has 1 aliphatic heterocycles. The van der Waals surface area contributed by atoms with Crippen molar-refractivity contribution in [1.29, 1.82) is 0 Å². The van der Waals surface area contributed by atoms with Crippen molar-refractivity contribution in [2.24, 2.45) is 0 Å². The third-order valence-electron chi connectivity index (χ3n) is 3.91. The first-order valence-corrected chi connectivity index (χ1v) is 7.08. The van der Waals surface area contributed by atoms with Crippen molar-refractivity contribution in [1.82, 2.24) is 10.2 Å². The lowest BCUT2D eigenvalue weighted by atomic mass is 10.1. The van der Waals surface area contributed by atoms with E-state index in [9.17, 15) is 14.7 Å². The number of aryl methyl sites for hydroxylation is 1. The Balaban J connectivity index is 2.13. The third-order valence-corrected chi connectivity index (χ3v) is 3.91.